The quantitative estimate of drug-likeness (QED) is 0.531. The molecule has 28 heavy (non-hydrogen) atoms. The van der Waals surface area contributed by atoms with Crippen molar-refractivity contribution in [3.63, 3.8) is 0 Å². The van der Waals surface area contributed by atoms with Crippen LogP contribution in [0.3, 0.4) is 0 Å². The van der Waals surface area contributed by atoms with Gasteiger partial charge in [0.05, 0.1) is 12.6 Å². The number of nitrogens with one attached hydrogen (secondary N) is 1. The lowest BCUT2D eigenvalue weighted by Crippen LogP contribution is -2.26. The van der Waals surface area contributed by atoms with Crippen LogP contribution in [-0.4, -0.2) is 33.6 Å². The summed E-state index contributed by atoms with van der Waals surface area (Å²) in [6, 6.07) is 14.7. The molecule has 1 saturated heterocycles. The number of benzene rings is 2. The third-order valence-electron chi connectivity index (χ3n) is 3.67. The SMILES string of the molecule is O=C(O)C[C@@H]1S/C(=N\N=C/c2ccc(OCc3cccc(Cl)c3)cc2)NC1=O. The fourth-order valence-corrected chi connectivity index (χ4v) is 3.46. The summed E-state index contributed by atoms with van der Waals surface area (Å²) < 4.78 is 5.71. The Hall–Kier alpha value is -2.84. The third-order valence-corrected chi connectivity index (χ3v) is 4.97. The monoisotopic (exact) mass is 417 g/mol. The molecule has 3 rings (SSSR count). The average Bonchev–Trinajstić information content (AvgIpc) is 3.00. The molecule has 0 saturated carbocycles. The molecule has 7 nitrogen and oxygen atoms in total. The number of halogens is 1. The lowest BCUT2D eigenvalue weighted by molar-refractivity contribution is -0.138. The minimum absolute atomic E-state index is 0.254. The Kier molecular flexibility index (Phi) is 6.67. The highest BCUT2D eigenvalue weighted by Gasteiger charge is 2.32. The summed E-state index contributed by atoms with van der Waals surface area (Å²) in [4.78, 5) is 22.3. The van der Waals surface area contributed by atoms with E-state index in [2.05, 4.69) is 15.5 Å². The predicted octanol–water partition coefficient (Wildman–Crippen LogP) is 3.32. The summed E-state index contributed by atoms with van der Waals surface area (Å²) in [6.45, 7) is 0.413. The van der Waals surface area contributed by atoms with Crippen molar-refractivity contribution in [2.75, 3.05) is 0 Å². The zero-order valence-electron chi connectivity index (χ0n) is 14.5. The van der Waals surface area contributed by atoms with E-state index in [0.29, 0.717) is 17.4 Å². The van der Waals surface area contributed by atoms with Crippen molar-refractivity contribution in [3.8, 4) is 5.75 Å². The Bertz CT molecular complexity index is 931. The summed E-state index contributed by atoms with van der Waals surface area (Å²) in [6.07, 6.45) is 1.28. The van der Waals surface area contributed by atoms with E-state index in [1.165, 1.54) is 6.21 Å². The molecule has 1 amide bonds. The molecular formula is C19H16ClN3O4S. The van der Waals surface area contributed by atoms with Crippen LogP contribution in [0.2, 0.25) is 5.02 Å². The van der Waals surface area contributed by atoms with E-state index in [0.717, 1.165) is 22.9 Å². The smallest absolute Gasteiger partial charge is 0.305 e. The highest BCUT2D eigenvalue weighted by molar-refractivity contribution is 8.15. The van der Waals surface area contributed by atoms with Gasteiger partial charge in [-0.3, -0.25) is 9.59 Å². The minimum atomic E-state index is -1.03. The molecule has 2 aromatic carbocycles. The van der Waals surface area contributed by atoms with Crippen molar-refractivity contribution in [3.05, 3.63) is 64.7 Å². The van der Waals surface area contributed by atoms with Gasteiger partial charge in [0.25, 0.3) is 0 Å². The summed E-state index contributed by atoms with van der Waals surface area (Å²) >= 11 is 7.01. The lowest BCUT2D eigenvalue weighted by atomic mass is 10.2. The van der Waals surface area contributed by atoms with Gasteiger partial charge in [-0.05, 0) is 47.5 Å². The van der Waals surface area contributed by atoms with Gasteiger partial charge in [-0.15, -0.1) is 5.10 Å². The second-order valence-corrected chi connectivity index (χ2v) is 7.46. The predicted molar refractivity (Wildman–Crippen MR) is 109 cm³/mol. The van der Waals surface area contributed by atoms with E-state index in [-0.39, 0.29) is 17.5 Å². The van der Waals surface area contributed by atoms with Gasteiger partial charge in [-0.1, -0.05) is 35.5 Å². The van der Waals surface area contributed by atoms with Crippen molar-refractivity contribution in [1.82, 2.24) is 5.32 Å². The number of nitrogens with zero attached hydrogens (tertiary/aromatic N) is 2. The topological polar surface area (TPSA) is 100 Å². The van der Waals surface area contributed by atoms with Crippen LogP contribution in [0.1, 0.15) is 17.5 Å². The molecule has 0 bridgehead atoms. The van der Waals surface area contributed by atoms with E-state index in [4.69, 9.17) is 21.4 Å². The van der Waals surface area contributed by atoms with Crippen LogP contribution in [0.5, 0.6) is 5.75 Å². The van der Waals surface area contributed by atoms with Gasteiger partial charge in [-0.25, -0.2) is 0 Å². The molecule has 2 aromatic rings. The molecule has 1 aliphatic heterocycles. The number of amidine groups is 1. The summed E-state index contributed by atoms with van der Waals surface area (Å²) in [7, 11) is 0. The molecule has 0 radical (unpaired) electrons. The number of carbonyl (C=O) groups is 2. The van der Waals surface area contributed by atoms with E-state index in [1.54, 1.807) is 0 Å². The molecule has 9 heteroatoms. The fraction of sp³-hybridized carbons (Fsp3) is 0.158. The summed E-state index contributed by atoms with van der Waals surface area (Å²) in [5.74, 6) is -0.698. The lowest BCUT2D eigenvalue weighted by Gasteiger charge is -2.06. The first-order valence-electron chi connectivity index (χ1n) is 8.27. The van der Waals surface area contributed by atoms with Crippen LogP contribution in [0, 0.1) is 0 Å². The molecule has 0 aliphatic carbocycles. The van der Waals surface area contributed by atoms with Crippen LogP contribution in [-0.2, 0) is 16.2 Å². The van der Waals surface area contributed by atoms with E-state index >= 15 is 0 Å². The molecule has 1 fully saturated rings. The molecule has 0 aromatic heterocycles. The summed E-state index contributed by atoms with van der Waals surface area (Å²) in [5, 5.41) is 19.4. The molecule has 0 spiro atoms. The second-order valence-electron chi connectivity index (χ2n) is 5.83. The van der Waals surface area contributed by atoms with Gasteiger partial charge in [0.15, 0.2) is 5.17 Å². The second kappa shape index (κ2) is 9.38. The number of rotatable bonds is 7. The Morgan fingerprint density at radius 3 is 2.79 bits per heavy atom. The third kappa shape index (κ3) is 5.83. The zero-order valence-corrected chi connectivity index (χ0v) is 16.1. The van der Waals surface area contributed by atoms with Gasteiger partial charge < -0.3 is 15.2 Å². The maximum Gasteiger partial charge on any atom is 0.305 e. The van der Waals surface area contributed by atoms with Crippen molar-refractivity contribution >= 4 is 46.6 Å². The van der Waals surface area contributed by atoms with Crippen LogP contribution in [0.25, 0.3) is 0 Å². The maximum atomic E-state index is 11.6. The summed E-state index contributed by atoms with van der Waals surface area (Å²) in [5.41, 5.74) is 1.78. The van der Waals surface area contributed by atoms with Gasteiger partial charge in [0.1, 0.15) is 17.6 Å². The Morgan fingerprint density at radius 1 is 1.29 bits per heavy atom. The number of hydrogen-bond acceptors (Lipinski definition) is 6. The van der Waals surface area contributed by atoms with Gasteiger partial charge in [-0.2, -0.15) is 5.10 Å². The van der Waals surface area contributed by atoms with Crippen molar-refractivity contribution in [2.45, 2.75) is 18.3 Å². The minimum Gasteiger partial charge on any atom is -0.489 e. The zero-order chi connectivity index (χ0) is 19.9. The Balaban J connectivity index is 1.52. The van der Waals surface area contributed by atoms with E-state index in [9.17, 15) is 9.59 Å². The molecule has 1 aliphatic rings. The van der Waals surface area contributed by atoms with E-state index < -0.39 is 11.2 Å². The van der Waals surface area contributed by atoms with Crippen LogP contribution in [0.15, 0.2) is 58.7 Å². The normalized spacial score (nSPS) is 17.8. The first kappa shape index (κ1) is 19.9. The largest absolute Gasteiger partial charge is 0.489 e. The van der Waals surface area contributed by atoms with Crippen molar-refractivity contribution in [2.24, 2.45) is 10.2 Å². The first-order valence-corrected chi connectivity index (χ1v) is 9.53. The van der Waals surface area contributed by atoms with Crippen LogP contribution >= 0.6 is 23.4 Å². The van der Waals surface area contributed by atoms with Crippen molar-refractivity contribution < 1.29 is 19.4 Å². The van der Waals surface area contributed by atoms with Gasteiger partial charge in [0.2, 0.25) is 5.91 Å². The van der Waals surface area contributed by atoms with Gasteiger partial charge >= 0.3 is 5.97 Å². The molecular weight excluding hydrogens is 402 g/mol. The highest BCUT2D eigenvalue weighted by atomic mass is 35.5. The van der Waals surface area contributed by atoms with E-state index in [1.807, 2.05) is 48.5 Å². The maximum absolute atomic E-state index is 11.6. The van der Waals surface area contributed by atoms with Gasteiger partial charge in [0, 0.05) is 5.02 Å². The standard InChI is InChI=1S/C19H16ClN3O4S/c20-14-3-1-2-13(8-14)11-27-15-6-4-12(5-7-15)10-21-23-19-22-18(26)16(28-19)9-17(24)25/h1-8,10,16H,9,11H2,(H,24,25)(H,22,23,26)/b21-10-/t16-/m0/s1. The fourth-order valence-electron chi connectivity index (χ4n) is 2.34. The van der Waals surface area contributed by atoms with Crippen molar-refractivity contribution in [1.29, 1.82) is 0 Å². The molecule has 2 N–H and O–H groups in total. The number of thioether (sulfide) groups is 1. The number of amides is 1. The molecule has 1 atom stereocenters. The van der Waals surface area contributed by atoms with Crippen LogP contribution < -0.4 is 10.1 Å². The Morgan fingerprint density at radius 2 is 2.07 bits per heavy atom. The highest BCUT2D eigenvalue weighted by Crippen LogP contribution is 2.22. The number of carboxylic acid groups (broad SMARTS) is 1. The average molecular weight is 418 g/mol. The first-order chi connectivity index (χ1) is 13.5. The number of hydrogen-bond donors (Lipinski definition) is 2. The number of carboxylic acids is 1. The number of carbonyl (C=O) groups excluding carboxylic acids is 1. The Labute approximate surface area is 170 Å². The molecule has 1 heterocycles. The number of aliphatic carboxylic acids is 1. The molecule has 0 unspecified atom stereocenters. The van der Waals surface area contributed by atoms with Crippen LogP contribution in [0.4, 0.5) is 0 Å². The molecule has 144 valence electrons. The number of ether oxygens (including phenoxy) is 1.